The van der Waals surface area contributed by atoms with Crippen molar-refractivity contribution in [1.82, 2.24) is 4.98 Å². The van der Waals surface area contributed by atoms with Crippen LogP contribution < -0.4 is 4.74 Å². The van der Waals surface area contributed by atoms with Gasteiger partial charge < -0.3 is 9.47 Å². The van der Waals surface area contributed by atoms with Crippen molar-refractivity contribution < 1.29 is 14.3 Å². The number of carbonyl (C=O) groups is 1. The highest BCUT2D eigenvalue weighted by Gasteiger charge is 2.54. The van der Waals surface area contributed by atoms with Gasteiger partial charge in [0.05, 0.1) is 7.11 Å². The fraction of sp³-hybridized carbons (Fsp3) is 0.400. The van der Waals surface area contributed by atoms with Gasteiger partial charge in [0.25, 0.3) is 0 Å². The molecule has 0 aromatic carbocycles. The molecule has 0 bridgehead atoms. The first kappa shape index (κ1) is 10.4. The van der Waals surface area contributed by atoms with E-state index in [1.807, 2.05) is 0 Å². The molecule has 4 nitrogen and oxygen atoms in total. The van der Waals surface area contributed by atoms with Gasteiger partial charge in [0, 0.05) is 19.0 Å². The smallest absolute Gasteiger partial charge is 0.350 e. The van der Waals surface area contributed by atoms with Crippen molar-refractivity contribution in [3.8, 4) is 5.75 Å². The Bertz CT molecular complexity index is 390. The fourth-order valence-electron chi connectivity index (χ4n) is 1.31. The number of ether oxygens (including phenoxy) is 2. The van der Waals surface area contributed by atoms with E-state index in [9.17, 15) is 4.79 Å². The molecule has 1 fully saturated rings. The van der Waals surface area contributed by atoms with E-state index in [2.05, 4.69) is 25.7 Å². The Morgan fingerprint density at radius 2 is 2.33 bits per heavy atom. The van der Waals surface area contributed by atoms with Gasteiger partial charge in [0.1, 0.15) is 4.60 Å². The minimum atomic E-state index is -0.777. The number of nitrogens with zero attached hydrogens (tertiary/aromatic N) is 1. The highest BCUT2D eigenvalue weighted by atomic mass is 79.9. The average Bonchev–Trinajstić information content (AvgIpc) is 3.01. The maximum Gasteiger partial charge on any atom is 0.350 e. The molecule has 1 saturated carbocycles. The van der Waals surface area contributed by atoms with Crippen LogP contribution in [0.1, 0.15) is 12.8 Å². The first-order valence-electron chi connectivity index (χ1n) is 4.56. The highest BCUT2D eigenvalue weighted by Crippen LogP contribution is 2.42. The molecule has 1 aromatic heterocycles. The van der Waals surface area contributed by atoms with Crippen molar-refractivity contribution in [1.29, 1.82) is 0 Å². The molecule has 0 N–H and O–H groups in total. The summed E-state index contributed by atoms with van der Waals surface area (Å²) in [7, 11) is 1.37. The van der Waals surface area contributed by atoms with Crippen molar-refractivity contribution in [2.24, 2.45) is 0 Å². The second kappa shape index (κ2) is 3.81. The number of rotatable bonds is 3. The van der Waals surface area contributed by atoms with Gasteiger partial charge in [-0.2, -0.15) is 0 Å². The number of pyridine rings is 1. The average molecular weight is 272 g/mol. The summed E-state index contributed by atoms with van der Waals surface area (Å²) in [5.74, 6) is 0.249. The first-order chi connectivity index (χ1) is 7.18. The summed E-state index contributed by atoms with van der Waals surface area (Å²) in [6, 6.07) is 3.52. The predicted molar refractivity (Wildman–Crippen MR) is 56.5 cm³/mol. The van der Waals surface area contributed by atoms with Crippen LogP contribution in [0, 0.1) is 0 Å². The molecule has 1 aromatic rings. The molecule has 2 rings (SSSR count). The second-order valence-corrected chi connectivity index (χ2v) is 4.13. The standard InChI is InChI=1S/C10H10BrNO3/c1-14-9(13)10(4-5-10)15-7-3-2-6-12-8(7)11/h2-3,6H,4-5H2,1H3. The van der Waals surface area contributed by atoms with Crippen molar-refractivity contribution in [3.05, 3.63) is 22.9 Å². The molecule has 15 heavy (non-hydrogen) atoms. The third-order valence-electron chi connectivity index (χ3n) is 2.29. The van der Waals surface area contributed by atoms with Gasteiger partial charge in [-0.25, -0.2) is 9.78 Å². The lowest BCUT2D eigenvalue weighted by Gasteiger charge is -2.15. The van der Waals surface area contributed by atoms with Crippen molar-refractivity contribution >= 4 is 21.9 Å². The van der Waals surface area contributed by atoms with Crippen LogP contribution in [-0.2, 0) is 9.53 Å². The van der Waals surface area contributed by atoms with E-state index in [1.54, 1.807) is 18.3 Å². The fourth-order valence-corrected chi connectivity index (χ4v) is 1.64. The zero-order valence-corrected chi connectivity index (χ0v) is 9.78. The van der Waals surface area contributed by atoms with Crippen LogP contribution in [0.2, 0.25) is 0 Å². The van der Waals surface area contributed by atoms with Crippen molar-refractivity contribution in [2.75, 3.05) is 7.11 Å². The Morgan fingerprint density at radius 3 is 2.87 bits per heavy atom. The maximum absolute atomic E-state index is 11.4. The molecule has 0 spiro atoms. The van der Waals surface area contributed by atoms with Crippen molar-refractivity contribution in [2.45, 2.75) is 18.4 Å². The summed E-state index contributed by atoms with van der Waals surface area (Å²) in [6.07, 6.45) is 3.04. The van der Waals surface area contributed by atoms with E-state index < -0.39 is 5.60 Å². The van der Waals surface area contributed by atoms with E-state index in [-0.39, 0.29) is 5.97 Å². The predicted octanol–water partition coefficient (Wildman–Crippen LogP) is 1.93. The van der Waals surface area contributed by atoms with Gasteiger partial charge in [-0.05, 0) is 28.1 Å². The Labute approximate surface area is 95.7 Å². The van der Waals surface area contributed by atoms with Gasteiger partial charge in [-0.1, -0.05) is 0 Å². The zero-order valence-electron chi connectivity index (χ0n) is 8.20. The molecule has 0 saturated heterocycles. The molecule has 0 unspecified atom stereocenters. The first-order valence-corrected chi connectivity index (χ1v) is 5.35. The summed E-state index contributed by atoms with van der Waals surface area (Å²) >= 11 is 3.26. The molecular weight excluding hydrogens is 262 g/mol. The van der Waals surface area contributed by atoms with E-state index in [0.717, 1.165) is 0 Å². The van der Waals surface area contributed by atoms with Crippen LogP contribution in [0.4, 0.5) is 0 Å². The molecule has 1 aliphatic rings. The van der Waals surface area contributed by atoms with E-state index in [1.165, 1.54) is 7.11 Å². The molecule has 0 aliphatic heterocycles. The molecule has 1 heterocycles. The second-order valence-electron chi connectivity index (χ2n) is 3.38. The third-order valence-corrected chi connectivity index (χ3v) is 2.89. The normalized spacial score (nSPS) is 16.9. The molecular formula is C10H10BrNO3. The topological polar surface area (TPSA) is 48.4 Å². The number of hydrogen-bond acceptors (Lipinski definition) is 4. The number of carbonyl (C=O) groups excluding carboxylic acids is 1. The minimum Gasteiger partial charge on any atom is -0.473 e. The Kier molecular flexibility index (Phi) is 2.65. The number of esters is 1. The molecule has 0 radical (unpaired) electrons. The molecule has 5 heteroatoms. The minimum absolute atomic E-state index is 0.321. The maximum atomic E-state index is 11.4. The largest absolute Gasteiger partial charge is 0.473 e. The number of methoxy groups -OCH3 is 1. The van der Waals surface area contributed by atoms with E-state index in [0.29, 0.717) is 23.2 Å². The molecule has 0 amide bonds. The summed E-state index contributed by atoms with van der Waals surface area (Å²) in [6.45, 7) is 0. The number of hydrogen-bond donors (Lipinski definition) is 0. The van der Waals surface area contributed by atoms with E-state index >= 15 is 0 Å². The van der Waals surface area contributed by atoms with Crippen LogP contribution >= 0.6 is 15.9 Å². The summed E-state index contributed by atoms with van der Waals surface area (Å²) in [5, 5.41) is 0. The van der Waals surface area contributed by atoms with Gasteiger partial charge in [-0.15, -0.1) is 0 Å². The quantitative estimate of drug-likeness (QED) is 0.623. The zero-order chi connectivity index (χ0) is 10.9. The summed E-state index contributed by atoms with van der Waals surface area (Å²) in [5.41, 5.74) is -0.777. The van der Waals surface area contributed by atoms with E-state index in [4.69, 9.17) is 4.74 Å². The molecule has 0 atom stereocenters. The highest BCUT2D eigenvalue weighted by molar-refractivity contribution is 9.10. The SMILES string of the molecule is COC(=O)C1(Oc2cccnc2Br)CC1. The van der Waals surface area contributed by atoms with Gasteiger partial charge >= 0.3 is 5.97 Å². The van der Waals surface area contributed by atoms with Gasteiger partial charge in [-0.3, -0.25) is 0 Å². The van der Waals surface area contributed by atoms with Gasteiger partial charge in [0.15, 0.2) is 5.75 Å². The van der Waals surface area contributed by atoms with Crippen molar-refractivity contribution in [3.63, 3.8) is 0 Å². The van der Waals surface area contributed by atoms with Crippen LogP contribution in [0.3, 0.4) is 0 Å². The lowest BCUT2D eigenvalue weighted by Crippen LogP contribution is -2.30. The Hall–Kier alpha value is -1.10. The number of halogens is 1. The molecule has 1 aliphatic carbocycles. The van der Waals surface area contributed by atoms with Crippen LogP contribution in [-0.4, -0.2) is 23.7 Å². The van der Waals surface area contributed by atoms with Crippen LogP contribution in [0.5, 0.6) is 5.75 Å². The third kappa shape index (κ3) is 1.97. The Morgan fingerprint density at radius 1 is 1.60 bits per heavy atom. The monoisotopic (exact) mass is 271 g/mol. The Balaban J connectivity index is 2.16. The summed E-state index contributed by atoms with van der Waals surface area (Å²) < 4.78 is 10.9. The number of aromatic nitrogens is 1. The van der Waals surface area contributed by atoms with Gasteiger partial charge in [0.2, 0.25) is 5.60 Å². The lowest BCUT2D eigenvalue weighted by molar-refractivity contribution is -0.151. The summed E-state index contributed by atoms with van der Waals surface area (Å²) in [4.78, 5) is 15.4. The van der Waals surface area contributed by atoms with Crippen LogP contribution in [0.25, 0.3) is 0 Å². The molecule has 80 valence electrons. The lowest BCUT2D eigenvalue weighted by atomic mass is 10.3. The van der Waals surface area contributed by atoms with Crippen LogP contribution in [0.15, 0.2) is 22.9 Å².